The summed E-state index contributed by atoms with van der Waals surface area (Å²) in [6, 6.07) is 3.54. The van der Waals surface area contributed by atoms with Crippen molar-refractivity contribution in [1.29, 1.82) is 0 Å². The average Bonchev–Trinajstić information content (AvgIpc) is 2.46. The molecule has 1 aromatic rings. The van der Waals surface area contributed by atoms with Crippen LogP contribution in [-0.2, 0) is 17.3 Å². The Morgan fingerprint density at radius 1 is 1.36 bits per heavy atom. The summed E-state index contributed by atoms with van der Waals surface area (Å²) in [7, 11) is 0. The summed E-state index contributed by atoms with van der Waals surface area (Å²) in [5, 5.41) is 0. The molecule has 0 fully saturated rings. The molecule has 0 aliphatic carbocycles. The van der Waals surface area contributed by atoms with Gasteiger partial charge >= 0.3 is 12.3 Å². The van der Waals surface area contributed by atoms with E-state index >= 15 is 0 Å². The van der Waals surface area contributed by atoms with Crippen molar-refractivity contribution in [1.82, 2.24) is 0 Å². The molecule has 1 atom stereocenters. The first kappa shape index (κ1) is 16.6. The molecule has 0 aromatic heterocycles. The van der Waals surface area contributed by atoms with Gasteiger partial charge in [-0.15, -0.1) is 0 Å². The largest absolute Gasteiger partial charge is 0.449 e. The van der Waals surface area contributed by atoms with E-state index in [1.165, 1.54) is 11.0 Å². The number of ether oxygens (including phenoxy) is 1. The van der Waals surface area contributed by atoms with Crippen molar-refractivity contribution in [2.75, 3.05) is 11.5 Å². The Bertz CT molecular complexity index is 543. The zero-order valence-electron chi connectivity index (χ0n) is 12.7. The molecule has 6 heteroatoms. The Kier molecular flexibility index (Phi) is 4.98. The predicted octanol–water partition coefficient (Wildman–Crippen LogP) is 4.78. The molecule has 1 aliphatic heterocycles. The number of nitrogens with zero attached hydrogens (tertiary/aromatic N) is 1. The molecule has 1 aliphatic rings. The number of alkyl halides is 3. The number of benzene rings is 1. The van der Waals surface area contributed by atoms with Crippen LogP contribution in [0.1, 0.15) is 44.2 Å². The highest BCUT2D eigenvalue weighted by molar-refractivity contribution is 5.90. The highest BCUT2D eigenvalue weighted by atomic mass is 19.4. The standard InChI is InChI=1S/C16H20F3NO2/c1-3-5-13-8-6-11-10-12(16(17,18)19)7-9-14(11)20(13)15(21)22-4-2/h7,9-10,13H,3-6,8H2,1-2H3. The number of fused-ring (bicyclic) bond motifs is 1. The molecule has 122 valence electrons. The molecular weight excluding hydrogens is 295 g/mol. The van der Waals surface area contributed by atoms with E-state index in [0.717, 1.165) is 25.0 Å². The Hall–Kier alpha value is -1.72. The van der Waals surface area contributed by atoms with Gasteiger partial charge in [0.05, 0.1) is 17.9 Å². The number of aryl methyl sites for hydroxylation is 1. The van der Waals surface area contributed by atoms with Crippen molar-refractivity contribution in [2.45, 2.75) is 51.7 Å². The SMILES string of the molecule is CCCC1CCc2cc(C(F)(F)F)ccc2N1C(=O)OCC. The third-order valence-corrected chi connectivity index (χ3v) is 3.86. The maximum absolute atomic E-state index is 12.8. The maximum Gasteiger partial charge on any atom is 0.416 e. The molecule has 22 heavy (non-hydrogen) atoms. The van der Waals surface area contributed by atoms with Crippen LogP contribution < -0.4 is 4.90 Å². The molecule has 1 heterocycles. The van der Waals surface area contributed by atoms with Gasteiger partial charge in [0.25, 0.3) is 0 Å². The van der Waals surface area contributed by atoms with E-state index in [1.807, 2.05) is 6.92 Å². The van der Waals surface area contributed by atoms with Gasteiger partial charge in [-0.2, -0.15) is 13.2 Å². The molecule has 0 saturated heterocycles. The van der Waals surface area contributed by atoms with Crippen LogP contribution in [0.15, 0.2) is 18.2 Å². The van der Waals surface area contributed by atoms with Gasteiger partial charge in [0, 0.05) is 6.04 Å². The highest BCUT2D eigenvalue weighted by Crippen LogP contribution is 2.37. The van der Waals surface area contributed by atoms with Gasteiger partial charge < -0.3 is 4.74 Å². The fraction of sp³-hybridized carbons (Fsp3) is 0.562. The maximum atomic E-state index is 12.8. The second-order valence-corrected chi connectivity index (χ2v) is 5.39. The van der Waals surface area contributed by atoms with Crippen molar-refractivity contribution in [3.63, 3.8) is 0 Å². The van der Waals surface area contributed by atoms with Gasteiger partial charge in [0.2, 0.25) is 0 Å². The lowest BCUT2D eigenvalue weighted by atomic mass is 9.92. The van der Waals surface area contributed by atoms with Crippen LogP contribution in [0.3, 0.4) is 0 Å². The summed E-state index contributed by atoms with van der Waals surface area (Å²) in [6.07, 6.45) is -1.96. The first-order chi connectivity index (χ1) is 10.4. The molecule has 1 aromatic carbocycles. The number of hydrogen-bond donors (Lipinski definition) is 0. The molecule has 0 saturated carbocycles. The molecule has 0 N–H and O–H groups in total. The Morgan fingerprint density at radius 2 is 2.09 bits per heavy atom. The first-order valence-corrected chi connectivity index (χ1v) is 7.54. The first-order valence-electron chi connectivity index (χ1n) is 7.54. The molecule has 0 radical (unpaired) electrons. The Labute approximate surface area is 128 Å². The molecule has 2 rings (SSSR count). The van der Waals surface area contributed by atoms with Gasteiger partial charge in [-0.25, -0.2) is 4.79 Å². The van der Waals surface area contributed by atoms with Gasteiger partial charge in [0.15, 0.2) is 0 Å². The number of carbonyl (C=O) groups is 1. The smallest absolute Gasteiger partial charge is 0.416 e. The van der Waals surface area contributed by atoms with E-state index in [4.69, 9.17) is 4.74 Å². The van der Waals surface area contributed by atoms with Crippen LogP contribution in [-0.4, -0.2) is 18.7 Å². The zero-order chi connectivity index (χ0) is 16.3. The lowest BCUT2D eigenvalue weighted by Gasteiger charge is -2.36. The van der Waals surface area contributed by atoms with Gasteiger partial charge in [-0.3, -0.25) is 4.90 Å². The van der Waals surface area contributed by atoms with Crippen LogP contribution in [0.5, 0.6) is 0 Å². The van der Waals surface area contributed by atoms with Crippen molar-refractivity contribution >= 4 is 11.8 Å². The summed E-state index contributed by atoms with van der Waals surface area (Å²) < 4.78 is 43.6. The third-order valence-electron chi connectivity index (χ3n) is 3.86. The van der Waals surface area contributed by atoms with E-state index in [9.17, 15) is 18.0 Å². The highest BCUT2D eigenvalue weighted by Gasteiger charge is 2.35. The lowest BCUT2D eigenvalue weighted by Crippen LogP contribution is -2.44. The second kappa shape index (κ2) is 6.58. The predicted molar refractivity (Wildman–Crippen MR) is 78.0 cm³/mol. The van der Waals surface area contributed by atoms with E-state index < -0.39 is 17.8 Å². The van der Waals surface area contributed by atoms with Gasteiger partial charge in [0.1, 0.15) is 0 Å². The molecule has 0 spiro atoms. The number of halogens is 3. The van der Waals surface area contributed by atoms with Crippen LogP contribution in [0.2, 0.25) is 0 Å². The van der Waals surface area contributed by atoms with Crippen molar-refractivity contribution in [2.24, 2.45) is 0 Å². The van der Waals surface area contributed by atoms with E-state index in [0.29, 0.717) is 24.1 Å². The van der Waals surface area contributed by atoms with Crippen molar-refractivity contribution in [3.05, 3.63) is 29.3 Å². The quantitative estimate of drug-likeness (QED) is 0.803. The third kappa shape index (κ3) is 3.36. The summed E-state index contributed by atoms with van der Waals surface area (Å²) in [6.45, 7) is 3.97. The summed E-state index contributed by atoms with van der Waals surface area (Å²) >= 11 is 0. The minimum atomic E-state index is -4.37. The van der Waals surface area contributed by atoms with Crippen LogP contribution in [0, 0.1) is 0 Å². The number of carbonyl (C=O) groups excluding carboxylic acids is 1. The van der Waals surface area contributed by atoms with Crippen LogP contribution >= 0.6 is 0 Å². The molecule has 1 unspecified atom stereocenters. The van der Waals surface area contributed by atoms with Crippen LogP contribution in [0.4, 0.5) is 23.7 Å². The minimum Gasteiger partial charge on any atom is -0.449 e. The van der Waals surface area contributed by atoms with E-state index in [-0.39, 0.29) is 12.6 Å². The summed E-state index contributed by atoms with van der Waals surface area (Å²) in [4.78, 5) is 13.7. The van der Waals surface area contributed by atoms with Crippen molar-refractivity contribution < 1.29 is 22.7 Å². The molecule has 3 nitrogen and oxygen atoms in total. The fourth-order valence-corrected chi connectivity index (χ4v) is 2.89. The zero-order valence-corrected chi connectivity index (χ0v) is 12.7. The van der Waals surface area contributed by atoms with Crippen molar-refractivity contribution in [3.8, 4) is 0 Å². The second-order valence-electron chi connectivity index (χ2n) is 5.39. The topological polar surface area (TPSA) is 29.5 Å². The number of hydrogen-bond acceptors (Lipinski definition) is 2. The lowest BCUT2D eigenvalue weighted by molar-refractivity contribution is -0.137. The number of amides is 1. The van der Waals surface area contributed by atoms with E-state index in [2.05, 4.69) is 0 Å². The fourth-order valence-electron chi connectivity index (χ4n) is 2.89. The Morgan fingerprint density at radius 3 is 2.68 bits per heavy atom. The summed E-state index contributed by atoms with van der Waals surface area (Å²) in [5.41, 5.74) is 0.412. The number of anilines is 1. The van der Waals surface area contributed by atoms with Gasteiger partial charge in [-0.1, -0.05) is 13.3 Å². The molecular formula is C16H20F3NO2. The Balaban J connectivity index is 2.39. The molecule has 1 amide bonds. The molecule has 0 bridgehead atoms. The van der Waals surface area contributed by atoms with E-state index in [1.54, 1.807) is 6.92 Å². The normalized spacial score (nSPS) is 18.0. The minimum absolute atomic E-state index is 0.0201. The average molecular weight is 315 g/mol. The van der Waals surface area contributed by atoms with Gasteiger partial charge in [-0.05, 0) is 49.9 Å². The summed E-state index contributed by atoms with van der Waals surface area (Å²) in [5.74, 6) is 0. The number of rotatable bonds is 3. The monoisotopic (exact) mass is 315 g/mol. The van der Waals surface area contributed by atoms with Crippen LogP contribution in [0.25, 0.3) is 0 Å².